The lowest BCUT2D eigenvalue weighted by Crippen LogP contribution is -2.14. The Morgan fingerprint density at radius 3 is 2.11 bits per heavy atom. The molecule has 0 atom stereocenters. The number of benzene rings is 2. The largest absolute Gasteiger partial charge is 0.492 e. The third kappa shape index (κ3) is 6.50. The van der Waals surface area contributed by atoms with E-state index in [4.69, 9.17) is 22.1 Å². The molecule has 0 aliphatic heterocycles. The van der Waals surface area contributed by atoms with Crippen LogP contribution in [0.5, 0.6) is 5.75 Å². The molecule has 0 fully saturated rings. The van der Waals surface area contributed by atoms with Gasteiger partial charge in [0.15, 0.2) is 5.15 Å². The van der Waals surface area contributed by atoms with E-state index in [1.165, 1.54) is 5.56 Å². The van der Waals surface area contributed by atoms with Gasteiger partial charge in [0.1, 0.15) is 12.4 Å². The average Bonchev–Trinajstić information content (AvgIpc) is 2.68. The van der Waals surface area contributed by atoms with Crippen molar-refractivity contribution in [2.45, 2.75) is 20.8 Å². The van der Waals surface area contributed by atoms with Crippen LogP contribution in [0.4, 0.5) is 11.4 Å². The first kappa shape index (κ1) is 20.6. The minimum atomic E-state index is 0.333. The summed E-state index contributed by atoms with van der Waals surface area (Å²) in [5.41, 5.74) is 10.5. The Bertz CT molecular complexity index is 813. The van der Waals surface area contributed by atoms with Crippen LogP contribution >= 0.6 is 11.6 Å². The van der Waals surface area contributed by atoms with Crippen LogP contribution in [0.1, 0.15) is 16.8 Å². The Balaban J connectivity index is 0.000000313. The van der Waals surface area contributed by atoms with Gasteiger partial charge in [0.25, 0.3) is 0 Å². The molecule has 0 bridgehead atoms. The summed E-state index contributed by atoms with van der Waals surface area (Å²) in [4.78, 5) is 4.18. The molecule has 5 heteroatoms. The molecule has 0 amide bonds. The Hall–Kier alpha value is -2.72. The number of hydrogen-bond donors (Lipinski definition) is 2. The summed E-state index contributed by atoms with van der Waals surface area (Å²) in [6.45, 7) is 7.14. The molecule has 0 saturated heterocycles. The van der Waals surface area contributed by atoms with Gasteiger partial charge in [0, 0.05) is 12.2 Å². The van der Waals surface area contributed by atoms with Crippen LogP contribution in [0.15, 0.2) is 60.7 Å². The molecular weight excluding hydrogens is 358 g/mol. The monoisotopic (exact) mass is 383 g/mol. The second kappa shape index (κ2) is 10.4. The molecule has 3 rings (SSSR count). The van der Waals surface area contributed by atoms with E-state index in [9.17, 15) is 0 Å². The molecule has 0 aliphatic carbocycles. The number of aryl methyl sites for hydroxylation is 2. The third-order valence-corrected chi connectivity index (χ3v) is 4.32. The number of nitrogens with two attached hydrogens (primary N) is 1. The van der Waals surface area contributed by atoms with Gasteiger partial charge >= 0.3 is 0 Å². The molecule has 142 valence electrons. The lowest BCUT2D eigenvalue weighted by molar-refractivity contribution is 0.333. The Labute approximate surface area is 166 Å². The van der Waals surface area contributed by atoms with Crippen LogP contribution in [0.25, 0.3) is 0 Å². The van der Waals surface area contributed by atoms with E-state index in [1.54, 1.807) is 0 Å². The molecule has 4 nitrogen and oxygen atoms in total. The van der Waals surface area contributed by atoms with Crippen molar-refractivity contribution in [1.29, 1.82) is 0 Å². The standard InChI is InChI=1S/C15H18ClN3O.C7H8/c1-10-11(2)19-15(16)13(17)14(10)18-8-9-20-12-6-4-3-5-7-12;1-7-5-3-2-4-6-7/h3-7H,8-9,17H2,1-2H3,(H,18,19);2-6H,1H3. The molecule has 3 N–H and O–H groups in total. The maximum absolute atomic E-state index is 5.99. The van der Waals surface area contributed by atoms with Gasteiger partial charge in [0.05, 0.1) is 11.4 Å². The fourth-order valence-electron chi connectivity index (χ4n) is 2.40. The molecular formula is C22H26ClN3O. The summed E-state index contributed by atoms with van der Waals surface area (Å²) >= 11 is 5.99. The first-order valence-corrected chi connectivity index (χ1v) is 9.22. The number of nitrogens with zero attached hydrogens (tertiary/aromatic N) is 1. The zero-order chi connectivity index (χ0) is 19.6. The van der Waals surface area contributed by atoms with Crippen molar-refractivity contribution in [2.75, 3.05) is 24.2 Å². The summed E-state index contributed by atoms with van der Waals surface area (Å²) in [7, 11) is 0. The van der Waals surface area contributed by atoms with E-state index in [1.807, 2.05) is 62.4 Å². The summed E-state index contributed by atoms with van der Waals surface area (Å²) in [6, 6.07) is 19.9. The van der Waals surface area contributed by atoms with Gasteiger partial charge in [-0.05, 0) is 38.5 Å². The highest BCUT2D eigenvalue weighted by molar-refractivity contribution is 6.32. The number of halogens is 1. The molecule has 1 aromatic heterocycles. The van der Waals surface area contributed by atoms with Crippen LogP contribution in [-0.4, -0.2) is 18.1 Å². The topological polar surface area (TPSA) is 60.2 Å². The SMILES string of the molecule is Cc1ccccc1.Cc1nc(Cl)c(N)c(NCCOc2ccccc2)c1C. The van der Waals surface area contributed by atoms with Crippen molar-refractivity contribution in [1.82, 2.24) is 4.98 Å². The molecule has 0 saturated carbocycles. The minimum absolute atomic E-state index is 0.333. The number of aromatic nitrogens is 1. The number of hydrogen-bond acceptors (Lipinski definition) is 4. The lowest BCUT2D eigenvalue weighted by Gasteiger charge is -2.15. The van der Waals surface area contributed by atoms with E-state index < -0.39 is 0 Å². The first-order chi connectivity index (χ1) is 13.0. The van der Waals surface area contributed by atoms with Gasteiger partial charge in [-0.1, -0.05) is 65.7 Å². The van der Waals surface area contributed by atoms with Crippen molar-refractivity contribution in [2.24, 2.45) is 0 Å². The Kier molecular flexibility index (Phi) is 7.96. The predicted octanol–water partition coefficient (Wildman–Crippen LogP) is 5.42. The van der Waals surface area contributed by atoms with Gasteiger partial charge < -0.3 is 15.8 Å². The van der Waals surface area contributed by atoms with Crippen molar-refractivity contribution < 1.29 is 4.74 Å². The van der Waals surface area contributed by atoms with Crippen molar-refractivity contribution in [3.8, 4) is 5.75 Å². The molecule has 0 aliphatic rings. The zero-order valence-corrected chi connectivity index (χ0v) is 16.8. The summed E-state index contributed by atoms with van der Waals surface area (Å²) in [5, 5.41) is 3.59. The van der Waals surface area contributed by atoms with E-state index in [0.29, 0.717) is 24.0 Å². The van der Waals surface area contributed by atoms with Crippen molar-refractivity contribution >= 4 is 23.0 Å². The summed E-state index contributed by atoms with van der Waals surface area (Å²) in [6.07, 6.45) is 0. The summed E-state index contributed by atoms with van der Waals surface area (Å²) < 4.78 is 5.62. The van der Waals surface area contributed by atoms with Crippen molar-refractivity contribution in [3.63, 3.8) is 0 Å². The maximum Gasteiger partial charge on any atom is 0.154 e. The Morgan fingerprint density at radius 1 is 0.963 bits per heavy atom. The second-order valence-electron chi connectivity index (χ2n) is 6.14. The highest BCUT2D eigenvalue weighted by atomic mass is 35.5. The van der Waals surface area contributed by atoms with Gasteiger partial charge in [-0.25, -0.2) is 4.98 Å². The normalized spacial score (nSPS) is 9.93. The number of para-hydroxylation sites is 1. The molecule has 0 unspecified atom stereocenters. The number of nitrogens with one attached hydrogen (secondary N) is 1. The minimum Gasteiger partial charge on any atom is -0.492 e. The fraction of sp³-hybridized carbons (Fsp3) is 0.227. The lowest BCUT2D eigenvalue weighted by atomic mass is 10.1. The number of rotatable bonds is 5. The van der Waals surface area contributed by atoms with Gasteiger partial charge in [-0.2, -0.15) is 0 Å². The van der Waals surface area contributed by atoms with Crippen LogP contribution in [-0.2, 0) is 0 Å². The molecule has 1 heterocycles. The van der Waals surface area contributed by atoms with Crippen molar-refractivity contribution in [3.05, 3.63) is 82.6 Å². The highest BCUT2D eigenvalue weighted by Crippen LogP contribution is 2.30. The van der Waals surface area contributed by atoms with Gasteiger partial charge in [-0.15, -0.1) is 0 Å². The number of nitrogen functional groups attached to an aromatic ring is 1. The first-order valence-electron chi connectivity index (χ1n) is 8.84. The molecule has 0 spiro atoms. The van der Waals surface area contributed by atoms with Gasteiger partial charge in [-0.3, -0.25) is 0 Å². The fourth-order valence-corrected chi connectivity index (χ4v) is 2.62. The quantitative estimate of drug-likeness (QED) is 0.456. The number of anilines is 2. The number of pyridine rings is 1. The van der Waals surface area contributed by atoms with Crippen LogP contribution < -0.4 is 15.8 Å². The second-order valence-corrected chi connectivity index (χ2v) is 6.50. The zero-order valence-electron chi connectivity index (χ0n) is 16.0. The van der Waals surface area contributed by atoms with E-state index in [0.717, 1.165) is 22.7 Å². The molecule has 3 aromatic rings. The highest BCUT2D eigenvalue weighted by Gasteiger charge is 2.11. The predicted molar refractivity (Wildman–Crippen MR) is 115 cm³/mol. The van der Waals surface area contributed by atoms with Gasteiger partial charge in [0.2, 0.25) is 0 Å². The van der Waals surface area contributed by atoms with E-state index in [-0.39, 0.29) is 0 Å². The molecule has 27 heavy (non-hydrogen) atoms. The maximum atomic E-state index is 5.99. The average molecular weight is 384 g/mol. The third-order valence-electron chi connectivity index (χ3n) is 4.03. The van der Waals surface area contributed by atoms with E-state index >= 15 is 0 Å². The van der Waals surface area contributed by atoms with Crippen LogP contribution in [0.2, 0.25) is 5.15 Å². The van der Waals surface area contributed by atoms with E-state index in [2.05, 4.69) is 29.4 Å². The number of ether oxygens (including phenoxy) is 1. The Morgan fingerprint density at radius 2 is 1.56 bits per heavy atom. The molecule has 2 aromatic carbocycles. The van der Waals surface area contributed by atoms with Crippen LogP contribution in [0.3, 0.4) is 0 Å². The smallest absolute Gasteiger partial charge is 0.154 e. The summed E-state index contributed by atoms with van der Waals surface area (Å²) in [5.74, 6) is 0.850. The molecule has 0 radical (unpaired) electrons. The van der Waals surface area contributed by atoms with Crippen LogP contribution in [0, 0.1) is 20.8 Å².